The van der Waals surface area contributed by atoms with Gasteiger partial charge >= 0.3 is 12.3 Å². The molecular weight excluding hydrogens is 224 g/mol. The third-order valence-corrected chi connectivity index (χ3v) is 2.13. The Balaban J connectivity index is 2.67. The van der Waals surface area contributed by atoms with Crippen LogP contribution in [0.1, 0.15) is 31.4 Å². The highest BCUT2D eigenvalue weighted by Crippen LogP contribution is 2.22. The van der Waals surface area contributed by atoms with E-state index in [0.29, 0.717) is 6.42 Å². The summed E-state index contributed by atoms with van der Waals surface area (Å²) in [4.78, 5) is 21.2. The van der Waals surface area contributed by atoms with E-state index in [0.717, 1.165) is 12.0 Å². The molecule has 5 heteroatoms. The molecule has 0 aliphatic rings. The zero-order chi connectivity index (χ0) is 12.7. The topological polar surface area (TPSA) is 72.8 Å². The summed E-state index contributed by atoms with van der Waals surface area (Å²) in [5.41, 5.74) is 0.816. The first-order valence-corrected chi connectivity index (χ1v) is 5.29. The standard InChI is InChI=1S/C12H14O5/c1-2-6-10(9-7-4-3-5-8-9)16-12(15)17-11(13)14/h3-5,7-8,10H,2,6H2,1H3,(H,13,14). The highest BCUT2D eigenvalue weighted by molar-refractivity contribution is 5.75. The van der Waals surface area contributed by atoms with E-state index in [4.69, 9.17) is 9.84 Å². The minimum absolute atomic E-state index is 0.479. The van der Waals surface area contributed by atoms with Gasteiger partial charge in [0.05, 0.1) is 0 Å². The van der Waals surface area contributed by atoms with Crippen LogP contribution in [0, 0.1) is 0 Å². The van der Waals surface area contributed by atoms with E-state index < -0.39 is 18.4 Å². The monoisotopic (exact) mass is 238 g/mol. The molecule has 1 aromatic carbocycles. The fourth-order valence-electron chi connectivity index (χ4n) is 1.44. The van der Waals surface area contributed by atoms with Crippen molar-refractivity contribution >= 4 is 12.3 Å². The molecule has 0 aliphatic heterocycles. The van der Waals surface area contributed by atoms with Gasteiger partial charge in [-0.3, -0.25) is 0 Å². The van der Waals surface area contributed by atoms with Crippen molar-refractivity contribution in [1.29, 1.82) is 0 Å². The van der Waals surface area contributed by atoms with Crippen LogP contribution in [-0.2, 0) is 9.47 Å². The number of hydrogen-bond acceptors (Lipinski definition) is 4. The van der Waals surface area contributed by atoms with E-state index in [1.54, 1.807) is 0 Å². The zero-order valence-corrected chi connectivity index (χ0v) is 9.46. The van der Waals surface area contributed by atoms with E-state index in [1.807, 2.05) is 37.3 Å². The van der Waals surface area contributed by atoms with Crippen LogP contribution in [0.5, 0.6) is 0 Å². The molecule has 0 aliphatic carbocycles. The predicted octanol–water partition coefficient (Wildman–Crippen LogP) is 3.36. The maximum atomic E-state index is 11.1. The molecule has 0 heterocycles. The Kier molecular flexibility index (Phi) is 5.00. The number of benzene rings is 1. The van der Waals surface area contributed by atoms with Gasteiger partial charge in [-0.1, -0.05) is 43.7 Å². The Morgan fingerprint density at radius 3 is 2.47 bits per heavy atom. The van der Waals surface area contributed by atoms with Crippen LogP contribution < -0.4 is 0 Å². The number of hydrogen-bond donors (Lipinski definition) is 1. The number of carboxylic acid groups (broad SMARTS) is 1. The lowest BCUT2D eigenvalue weighted by molar-refractivity contribution is 0.0247. The molecule has 1 unspecified atom stereocenters. The van der Waals surface area contributed by atoms with Gasteiger partial charge in [0.25, 0.3) is 0 Å². The van der Waals surface area contributed by atoms with Crippen LogP contribution in [0.4, 0.5) is 9.59 Å². The largest absolute Gasteiger partial charge is 0.519 e. The highest BCUT2D eigenvalue weighted by atomic mass is 16.8. The quantitative estimate of drug-likeness (QED) is 0.643. The van der Waals surface area contributed by atoms with Gasteiger partial charge in [-0.2, -0.15) is 0 Å². The van der Waals surface area contributed by atoms with Gasteiger partial charge in [-0.25, -0.2) is 9.59 Å². The average Bonchev–Trinajstić information content (AvgIpc) is 2.28. The Bertz CT molecular complexity index is 374. The Morgan fingerprint density at radius 1 is 1.29 bits per heavy atom. The van der Waals surface area contributed by atoms with Crippen molar-refractivity contribution in [2.24, 2.45) is 0 Å². The van der Waals surface area contributed by atoms with Gasteiger partial charge in [-0.15, -0.1) is 0 Å². The summed E-state index contributed by atoms with van der Waals surface area (Å²) in [7, 11) is 0. The normalized spacial score (nSPS) is 11.6. The van der Waals surface area contributed by atoms with Crippen molar-refractivity contribution in [3.63, 3.8) is 0 Å². The highest BCUT2D eigenvalue weighted by Gasteiger charge is 2.18. The first-order chi connectivity index (χ1) is 8.13. The summed E-state index contributed by atoms with van der Waals surface area (Å²) in [6.45, 7) is 1.95. The predicted molar refractivity (Wildman–Crippen MR) is 59.7 cm³/mol. The minimum atomic E-state index is -1.67. The zero-order valence-electron chi connectivity index (χ0n) is 9.46. The first kappa shape index (κ1) is 13.0. The Labute approximate surface area is 99.0 Å². The molecule has 1 N–H and O–H groups in total. The number of rotatable bonds is 4. The molecule has 0 radical (unpaired) electrons. The maximum absolute atomic E-state index is 11.1. The second kappa shape index (κ2) is 6.52. The van der Waals surface area contributed by atoms with Crippen molar-refractivity contribution in [1.82, 2.24) is 0 Å². The fraction of sp³-hybridized carbons (Fsp3) is 0.333. The van der Waals surface area contributed by atoms with Crippen LogP contribution >= 0.6 is 0 Å². The summed E-state index contributed by atoms with van der Waals surface area (Å²) in [6.07, 6.45) is -1.93. The van der Waals surface area contributed by atoms with Crippen LogP contribution in [0.2, 0.25) is 0 Å². The van der Waals surface area contributed by atoms with Gasteiger partial charge < -0.3 is 14.6 Å². The van der Waals surface area contributed by atoms with Crippen LogP contribution in [0.25, 0.3) is 0 Å². The minimum Gasteiger partial charge on any atom is -0.449 e. The summed E-state index contributed by atoms with van der Waals surface area (Å²) >= 11 is 0. The smallest absolute Gasteiger partial charge is 0.449 e. The molecule has 5 nitrogen and oxygen atoms in total. The molecule has 1 aromatic rings. The molecule has 1 atom stereocenters. The van der Waals surface area contributed by atoms with Crippen molar-refractivity contribution < 1.29 is 24.2 Å². The first-order valence-electron chi connectivity index (χ1n) is 5.29. The second-order valence-electron chi connectivity index (χ2n) is 3.42. The third kappa shape index (κ3) is 4.55. The van der Waals surface area contributed by atoms with Gasteiger partial charge in [0, 0.05) is 0 Å². The van der Waals surface area contributed by atoms with Gasteiger partial charge in [0.1, 0.15) is 6.10 Å². The molecule has 92 valence electrons. The van der Waals surface area contributed by atoms with E-state index in [2.05, 4.69) is 4.74 Å². The lowest BCUT2D eigenvalue weighted by Gasteiger charge is -2.16. The lowest BCUT2D eigenvalue weighted by Crippen LogP contribution is -2.15. The molecule has 0 saturated carbocycles. The van der Waals surface area contributed by atoms with E-state index in [1.165, 1.54) is 0 Å². The van der Waals surface area contributed by atoms with Crippen molar-refractivity contribution in [3.05, 3.63) is 35.9 Å². The van der Waals surface area contributed by atoms with E-state index in [-0.39, 0.29) is 0 Å². The van der Waals surface area contributed by atoms with Crippen molar-refractivity contribution in [2.75, 3.05) is 0 Å². The Hall–Kier alpha value is -2.04. The summed E-state index contributed by atoms with van der Waals surface area (Å²) < 4.78 is 8.85. The summed E-state index contributed by atoms with van der Waals surface area (Å²) in [5, 5.41) is 8.27. The molecule has 0 bridgehead atoms. The van der Waals surface area contributed by atoms with Gasteiger partial charge in [0.15, 0.2) is 0 Å². The molecule has 0 fully saturated rings. The number of carbonyl (C=O) groups is 2. The Morgan fingerprint density at radius 2 is 1.94 bits per heavy atom. The van der Waals surface area contributed by atoms with Crippen LogP contribution in [-0.4, -0.2) is 17.4 Å². The summed E-state index contributed by atoms with van der Waals surface area (Å²) in [5.74, 6) is 0. The molecule has 0 aromatic heterocycles. The van der Waals surface area contributed by atoms with E-state index >= 15 is 0 Å². The molecule has 1 rings (SSSR count). The SMILES string of the molecule is CCCC(OC(=O)OC(=O)O)c1ccccc1. The van der Waals surface area contributed by atoms with Crippen LogP contribution in [0.3, 0.4) is 0 Å². The number of carbonyl (C=O) groups excluding carboxylic acids is 1. The summed E-state index contributed by atoms with van der Waals surface area (Å²) in [6, 6.07) is 9.12. The van der Waals surface area contributed by atoms with E-state index in [9.17, 15) is 9.59 Å². The second-order valence-corrected chi connectivity index (χ2v) is 3.42. The molecule has 17 heavy (non-hydrogen) atoms. The molecule has 0 spiro atoms. The fourth-order valence-corrected chi connectivity index (χ4v) is 1.44. The van der Waals surface area contributed by atoms with Crippen molar-refractivity contribution in [3.8, 4) is 0 Å². The van der Waals surface area contributed by atoms with Crippen LogP contribution in [0.15, 0.2) is 30.3 Å². The van der Waals surface area contributed by atoms with Crippen molar-refractivity contribution in [2.45, 2.75) is 25.9 Å². The van der Waals surface area contributed by atoms with Gasteiger partial charge in [-0.05, 0) is 12.0 Å². The van der Waals surface area contributed by atoms with Gasteiger partial charge in [0.2, 0.25) is 0 Å². The maximum Gasteiger partial charge on any atom is 0.519 e. The molecule has 0 amide bonds. The molecule has 0 saturated heterocycles. The third-order valence-electron chi connectivity index (χ3n) is 2.13. The average molecular weight is 238 g/mol. The lowest BCUT2D eigenvalue weighted by atomic mass is 10.1. The number of ether oxygens (including phenoxy) is 2. The molecular formula is C12H14O5.